The normalized spacial score (nSPS) is 15.3. The first-order chi connectivity index (χ1) is 11.3. The molecule has 0 fully saturated rings. The van der Waals surface area contributed by atoms with E-state index in [9.17, 15) is 9.59 Å². The third-order valence-electron chi connectivity index (χ3n) is 4.85. The standard InChI is InChI=1S/C20H39NO3/c1-7-16(3)19(22)12-10-18(24-15-9-14-21(5)6)11-13-20(23)17(4)8-2/h16-18H,7-15H2,1-6H3. The minimum atomic E-state index is 0.0215. The summed E-state index contributed by atoms with van der Waals surface area (Å²) < 4.78 is 5.99. The van der Waals surface area contributed by atoms with E-state index in [0.717, 1.165) is 38.6 Å². The van der Waals surface area contributed by atoms with Crippen molar-refractivity contribution in [3.05, 3.63) is 0 Å². The molecule has 4 heteroatoms. The number of ether oxygens (including phenoxy) is 1. The number of ketones is 2. The van der Waals surface area contributed by atoms with E-state index in [0.29, 0.717) is 31.0 Å². The molecular formula is C20H39NO3. The molecule has 0 saturated carbocycles. The molecule has 24 heavy (non-hydrogen) atoms. The summed E-state index contributed by atoms with van der Waals surface area (Å²) >= 11 is 0. The van der Waals surface area contributed by atoms with Crippen LogP contribution in [-0.4, -0.2) is 49.8 Å². The first-order valence-corrected chi connectivity index (χ1v) is 9.63. The van der Waals surface area contributed by atoms with Gasteiger partial charge in [0, 0.05) is 31.3 Å². The van der Waals surface area contributed by atoms with E-state index >= 15 is 0 Å². The van der Waals surface area contributed by atoms with Crippen LogP contribution in [-0.2, 0) is 14.3 Å². The van der Waals surface area contributed by atoms with Crippen molar-refractivity contribution < 1.29 is 14.3 Å². The van der Waals surface area contributed by atoms with Crippen LogP contribution < -0.4 is 0 Å². The van der Waals surface area contributed by atoms with Crippen molar-refractivity contribution in [2.45, 2.75) is 78.7 Å². The van der Waals surface area contributed by atoms with E-state index in [1.807, 2.05) is 41.8 Å². The minimum Gasteiger partial charge on any atom is -0.378 e. The van der Waals surface area contributed by atoms with Gasteiger partial charge in [0.15, 0.2) is 0 Å². The molecule has 0 aromatic heterocycles. The Labute approximate surface area is 149 Å². The molecule has 0 aromatic carbocycles. The van der Waals surface area contributed by atoms with E-state index in [4.69, 9.17) is 4.74 Å². The van der Waals surface area contributed by atoms with Gasteiger partial charge in [-0.1, -0.05) is 27.7 Å². The van der Waals surface area contributed by atoms with Gasteiger partial charge in [0.2, 0.25) is 0 Å². The predicted octanol–water partition coefficient (Wildman–Crippen LogP) is 4.11. The van der Waals surface area contributed by atoms with Crippen molar-refractivity contribution in [1.29, 1.82) is 0 Å². The summed E-state index contributed by atoms with van der Waals surface area (Å²) in [5, 5.41) is 0. The maximum atomic E-state index is 12.1. The van der Waals surface area contributed by atoms with Crippen LogP contribution in [0.5, 0.6) is 0 Å². The molecule has 0 aliphatic carbocycles. The summed E-state index contributed by atoms with van der Waals surface area (Å²) in [6, 6.07) is 0. The minimum absolute atomic E-state index is 0.0215. The Balaban J connectivity index is 4.37. The van der Waals surface area contributed by atoms with Crippen molar-refractivity contribution in [3.8, 4) is 0 Å². The average molecular weight is 342 g/mol. The van der Waals surface area contributed by atoms with Gasteiger partial charge in [-0.15, -0.1) is 0 Å². The second-order valence-electron chi connectivity index (χ2n) is 7.28. The molecule has 0 aliphatic heterocycles. The zero-order chi connectivity index (χ0) is 18.5. The molecule has 0 spiro atoms. The summed E-state index contributed by atoms with van der Waals surface area (Å²) in [4.78, 5) is 26.3. The highest BCUT2D eigenvalue weighted by Crippen LogP contribution is 2.16. The molecule has 0 radical (unpaired) electrons. The molecule has 0 rings (SSSR count). The average Bonchev–Trinajstić information content (AvgIpc) is 2.57. The fraction of sp³-hybridized carbons (Fsp3) is 0.900. The monoisotopic (exact) mass is 341 g/mol. The van der Waals surface area contributed by atoms with Crippen molar-refractivity contribution in [3.63, 3.8) is 0 Å². The van der Waals surface area contributed by atoms with Gasteiger partial charge in [0.25, 0.3) is 0 Å². The van der Waals surface area contributed by atoms with Crippen LogP contribution in [0.15, 0.2) is 0 Å². The summed E-state index contributed by atoms with van der Waals surface area (Å²) in [6.45, 7) is 9.75. The van der Waals surface area contributed by atoms with Crippen LogP contribution in [0.3, 0.4) is 0 Å². The van der Waals surface area contributed by atoms with Gasteiger partial charge in [-0.2, -0.15) is 0 Å². The molecule has 0 aliphatic rings. The Bertz CT molecular complexity index is 329. The summed E-state index contributed by atoms with van der Waals surface area (Å²) in [6.07, 6.45) is 5.36. The van der Waals surface area contributed by atoms with Crippen molar-refractivity contribution in [2.24, 2.45) is 11.8 Å². The van der Waals surface area contributed by atoms with Gasteiger partial charge in [0.1, 0.15) is 11.6 Å². The molecule has 0 bridgehead atoms. The largest absolute Gasteiger partial charge is 0.378 e. The predicted molar refractivity (Wildman–Crippen MR) is 100 cm³/mol. The lowest BCUT2D eigenvalue weighted by atomic mass is 9.94. The molecule has 0 aromatic rings. The van der Waals surface area contributed by atoms with Gasteiger partial charge in [-0.3, -0.25) is 9.59 Å². The van der Waals surface area contributed by atoms with Crippen LogP contribution in [0.2, 0.25) is 0 Å². The maximum Gasteiger partial charge on any atom is 0.135 e. The third kappa shape index (κ3) is 10.9. The fourth-order valence-corrected chi connectivity index (χ4v) is 2.50. The topological polar surface area (TPSA) is 46.6 Å². The molecule has 4 nitrogen and oxygen atoms in total. The molecule has 0 heterocycles. The number of hydrogen-bond acceptors (Lipinski definition) is 4. The Hall–Kier alpha value is -0.740. The van der Waals surface area contributed by atoms with Gasteiger partial charge in [0.05, 0.1) is 6.10 Å². The van der Waals surface area contributed by atoms with Gasteiger partial charge < -0.3 is 9.64 Å². The third-order valence-corrected chi connectivity index (χ3v) is 4.85. The van der Waals surface area contributed by atoms with Crippen LogP contribution >= 0.6 is 0 Å². The first-order valence-electron chi connectivity index (χ1n) is 9.63. The molecule has 0 saturated heterocycles. The number of hydrogen-bond donors (Lipinski definition) is 0. The van der Waals surface area contributed by atoms with Crippen LogP contribution in [0.25, 0.3) is 0 Å². The Morgan fingerprint density at radius 1 is 0.917 bits per heavy atom. The fourth-order valence-electron chi connectivity index (χ4n) is 2.50. The van der Waals surface area contributed by atoms with Crippen LogP contribution in [0, 0.1) is 11.8 Å². The molecule has 2 atom stereocenters. The Kier molecular flexibility index (Phi) is 13.1. The number of Topliss-reactive ketones (excluding diaryl/α,β-unsaturated/α-hetero) is 2. The number of rotatable bonds is 15. The second kappa shape index (κ2) is 13.5. The highest BCUT2D eigenvalue weighted by atomic mass is 16.5. The lowest BCUT2D eigenvalue weighted by Gasteiger charge is -2.20. The summed E-state index contributed by atoms with van der Waals surface area (Å²) in [7, 11) is 4.10. The number of carbonyl (C=O) groups is 2. The van der Waals surface area contributed by atoms with E-state index in [-0.39, 0.29) is 17.9 Å². The smallest absolute Gasteiger partial charge is 0.135 e. The first kappa shape index (κ1) is 23.3. The number of nitrogens with zero attached hydrogens (tertiary/aromatic N) is 1. The highest BCUT2D eigenvalue weighted by molar-refractivity contribution is 5.81. The van der Waals surface area contributed by atoms with E-state index in [1.54, 1.807) is 0 Å². The van der Waals surface area contributed by atoms with Crippen molar-refractivity contribution in [1.82, 2.24) is 4.90 Å². The van der Waals surface area contributed by atoms with Gasteiger partial charge >= 0.3 is 0 Å². The zero-order valence-corrected chi connectivity index (χ0v) is 16.8. The van der Waals surface area contributed by atoms with Crippen molar-refractivity contribution in [2.75, 3.05) is 27.2 Å². The van der Waals surface area contributed by atoms with Crippen LogP contribution in [0.1, 0.15) is 72.6 Å². The Morgan fingerprint density at radius 3 is 1.75 bits per heavy atom. The zero-order valence-electron chi connectivity index (χ0n) is 16.8. The molecule has 0 N–H and O–H groups in total. The van der Waals surface area contributed by atoms with Gasteiger partial charge in [-0.05, 0) is 52.7 Å². The summed E-state index contributed by atoms with van der Waals surface area (Å²) in [5.41, 5.74) is 0. The Morgan fingerprint density at radius 2 is 1.38 bits per heavy atom. The second-order valence-corrected chi connectivity index (χ2v) is 7.28. The summed E-state index contributed by atoms with van der Waals surface area (Å²) in [5.74, 6) is 0.877. The maximum absolute atomic E-state index is 12.1. The van der Waals surface area contributed by atoms with Crippen molar-refractivity contribution >= 4 is 11.6 Å². The van der Waals surface area contributed by atoms with E-state index in [2.05, 4.69) is 4.90 Å². The molecular weight excluding hydrogens is 302 g/mol. The molecule has 0 amide bonds. The lowest BCUT2D eigenvalue weighted by molar-refractivity contribution is -0.123. The van der Waals surface area contributed by atoms with E-state index in [1.165, 1.54) is 0 Å². The van der Waals surface area contributed by atoms with Gasteiger partial charge in [-0.25, -0.2) is 0 Å². The quantitative estimate of drug-likeness (QED) is 0.420. The molecule has 2 unspecified atom stereocenters. The van der Waals surface area contributed by atoms with Crippen LogP contribution in [0.4, 0.5) is 0 Å². The number of carbonyl (C=O) groups excluding carboxylic acids is 2. The molecule has 142 valence electrons. The SMILES string of the molecule is CCC(C)C(=O)CCC(CCC(=O)C(C)CC)OCCCN(C)C. The highest BCUT2D eigenvalue weighted by Gasteiger charge is 2.18. The lowest BCUT2D eigenvalue weighted by Crippen LogP contribution is -2.22. The van der Waals surface area contributed by atoms with E-state index < -0.39 is 0 Å².